The summed E-state index contributed by atoms with van der Waals surface area (Å²) in [6.45, 7) is 2.00. The summed E-state index contributed by atoms with van der Waals surface area (Å²) in [5, 5.41) is 8.41. The van der Waals surface area contributed by atoms with Crippen LogP contribution in [0.5, 0.6) is 17.5 Å². The van der Waals surface area contributed by atoms with Crippen LogP contribution < -0.4 is 9.47 Å². The van der Waals surface area contributed by atoms with Crippen molar-refractivity contribution >= 4 is 0 Å². The van der Waals surface area contributed by atoms with E-state index in [9.17, 15) is 0 Å². The number of para-hydroxylation sites is 2. The zero-order valence-corrected chi connectivity index (χ0v) is 12.9. The van der Waals surface area contributed by atoms with Crippen LogP contribution in [-0.2, 0) is 4.74 Å². The molecule has 6 heteroatoms. The molecule has 3 rings (SSSR count). The lowest BCUT2D eigenvalue weighted by atomic mass is 10.3. The number of methoxy groups -OCH3 is 2. The van der Waals surface area contributed by atoms with Gasteiger partial charge in [0.25, 0.3) is 0 Å². The van der Waals surface area contributed by atoms with Crippen LogP contribution in [0.15, 0.2) is 42.7 Å². The summed E-state index contributed by atoms with van der Waals surface area (Å²) in [6.07, 6.45) is 5.50. The monoisotopic (exact) mass is 306 g/mol. The molecule has 1 aromatic carbocycles. The molecule has 0 spiro atoms. The highest BCUT2D eigenvalue weighted by Gasteiger charge is 1.97. The predicted molar refractivity (Wildman–Crippen MR) is 83.3 cm³/mol. The Morgan fingerprint density at radius 3 is 1.68 bits per heavy atom. The standard InChI is InChI=1S/C8H10O2.C4H4N2O.C4H8O/c1-9-7-5-3-4-6-8(7)10-2;7-4-5-2-1-3-6-4;1-2-4-5-3-1/h3-6H,1-2H3;1-3H,(H,5,6,7);1-4H2. The lowest BCUT2D eigenvalue weighted by Gasteiger charge is -2.04. The molecule has 1 fully saturated rings. The Balaban J connectivity index is 0.000000175. The Morgan fingerprint density at radius 1 is 0.909 bits per heavy atom. The van der Waals surface area contributed by atoms with Crippen molar-refractivity contribution < 1.29 is 19.3 Å². The van der Waals surface area contributed by atoms with Crippen LogP contribution in [0.1, 0.15) is 12.8 Å². The minimum atomic E-state index is -0.178. The van der Waals surface area contributed by atoms with E-state index in [1.807, 2.05) is 24.3 Å². The van der Waals surface area contributed by atoms with Crippen molar-refractivity contribution in [2.24, 2.45) is 0 Å². The fourth-order valence-corrected chi connectivity index (χ4v) is 1.59. The smallest absolute Gasteiger partial charge is 0.313 e. The summed E-state index contributed by atoms with van der Waals surface area (Å²) < 4.78 is 15.0. The Labute approximate surface area is 130 Å². The molecule has 22 heavy (non-hydrogen) atoms. The van der Waals surface area contributed by atoms with Crippen molar-refractivity contribution in [3.05, 3.63) is 42.7 Å². The Hall–Kier alpha value is -2.34. The first-order valence-electron chi connectivity index (χ1n) is 6.98. The number of hydrogen-bond donors (Lipinski definition) is 1. The molecule has 1 aromatic heterocycles. The molecule has 0 unspecified atom stereocenters. The van der Waals surface area contributed by atoms with Gasteiger partial charge in [-0.05, 0) is 31.0 Å². The van der Waals surface area contributed by atoms with Crippen LogP contribution in [0.25, 0.3) is 0 Å². The third-order valence-electron chi connectivity index (χ3n) is 2.67. The Bertz CT molecular complexity index is 474. The molecule has 1 aliphatic rings. The highest BCUT2D eigenvalue weighted by atomic mass is 16.5. The molecule has 0 amide bonds. The van der Waals surface area contributed by atoms with Gasteiger partial charge in [-0.3, -0.25) is 0 Å². The van der Waals surface area contributed by atoms with E-state index in [2.05, 4.69) is 9.97 Å². The topological polar surface area (TPSA) is 73.7 Å². The van der Waals surface area contributed by atoms with Crippen LogP contribution in [0.4, 0.5) is 0 Å². The second-order valence-corrected chi connectivity index (χ2v) is 4.22. The quantitative estimate of drug-likeness (QED) is 0.919. The molecule has 0 saturated carbocycles. The summed E-state index contributed by atoms with van der Waals surface area (Å²) in [5.41, 5.74) is 0. The first-order valence-corrected chi connectivity index (χ1v) is 6.98. The van der Waals surface area contributed by atoms with E-state index in [1.165, 1.54) is 25.2 Å². The van der Waals surface area contributed by atoms with Gasteiger partial charge in [0.05, 0.1) is 14.2 Å². The Morgan fingerprint density at radius 2 is 1.41 bits per heavy atom. The van der Waals surface area contributed by atoms with Crippen LogP contribution in [0.3, 0.4) is 0 Å². The maximum absolute atomic E-state index is 8.41. The molecular weight excluding hydrogens is 284 g/mol. The normalized spacial score (nSPS) is 12.3. The second-order valence-electron chi connectivity index (χ2n) is 4.22. The number of ether oxygens (including phenoxy) is 3. The zero-order valence-electron chi connectivity index (χ0n) is 12.9. The van der Waals surface area contributed by atoms with Gasteiger partial charge in [-0.1, -0.05) is 12.1 Å². The lowest BCUT2D eigenvalue weighted by Crippen LogP contribution is -1.88. The van der Waals surface area contributed by atoms with Gasteiger partial charge in [0.1, 0.15) is 0 Å². The van der Waals surface area contributed by atoms with Gasteiger partial charge in [-0.2, -0.15) is 0 Å². The van der Waals surface area contributed by atoms with Gasteiger partial charge in [-0.15, -0.1) is 0 Å². The van der Waals surface area contributed by atoms with Crippen LogP contribution in [0, 0.1) is 0 Å². The van der Waals surface area contributed by atoms with Crippen molar-refractivity contribution in [2.45, 2.75) is 12.8 Å². The van der Waals surface area contributed by atoms with E-state index < -0.39 is 0 Å². The number of rotatable bonds is 2. The third kappa shape index (κ3) is 7.44. The van der Waals surface area contributed by atoms with E-state index in [-0.39, 0.29) is 6.01 Å². The number of nitrogens with zero attached hydrogens (tertiary/aromatic N) is 2. The average molecular weight is 306 g/mol. The minimum absolute atomic E-state index is 0.178. The van der Waals surface area contributed by atoms with E-state index >= 15 is 0 Å². The average Bonchev–Trinajstić information content (AvgIpc) is 3.16. The number of aromatic nitrogens is 2. The van der Waals surface area contributed by atoms with E-state index in [0.717, 1.165) is 24.7 Å². The molecule has 2 aromatic rings. The summed E-state index contributed by atoms with van der Waals surface area (Å²) >= 11 is 0. The SMILES string of the molecule is C1CCOC1.COc1ccccc1OC.Oc1ncccn1. The van der Waals surface area contributed by atoms with Crippen molar-refractivity contribution in [1.82, 2.24) is 9.97 Å². The molecule has 1 aliphatic heterocycles. The largest absolute Gasteiger partial charge is 0.493 e. The van der Waals surface area contributed by atoms with E-state index in [0.29, 0.717) is 0 Å². The highest BCUT2D eigenvalue weighted by Crippen LogP contribution is 2.24. The van der Waals surface area contributed by atoms with Gasteiger partial charge < -0.3 is 19.3 Å². The van der Waals surface area contributed by atoms with Crippen molar-refractivity contribution in [1.29, 1.82) is 0 Å². The zero-order chi connectivity index (χ0) is 16.0. The second kappa shape index (κ2) is 11.3. The van der Waals surface area contributed by atoms with Crippen molar-refractivity contribution in [3.8, 4) is 17.5 Å². The third-order valence-corrected chi connectivity index (χ3v) is 2.67. The predicted octanol–water partition coefficient (Wildman–Crippen LogP) is 2.68. The summed E-state index contributed by atoms with van der Waals surface area (Å²) in [7, 11) is 3.25. The maximum atomic E-state index is 8.41. The lowest BCUT2D eigenvalue weighted by molar-refractivity contribution is 0.198. The Kier molecular flexibility index (Phi) is 9.12. The molecule has 0 atom stereocenters. The van der Waals surface area contributed by atoms with Crippen molar-refractivity contribution in [3.63, 3.8) is 0 Å². The van der Waals surface area contributed by atoms with E-state index in [4.69, 9.17) is 19.3 Å². The summed E-state index contributed by atoms with van der Waals surface area (Å²) in [5.74, 6) is 1.54. The first-order chi connectivity index (χ1) is 10.8. The molecular formula is C16H22N2O4. The van der Waals surface area contributed by atoms with Crippen molar-refractivity contribution in [2.75, 3.05) is 27.4 Å². The molecule has 2 heterocycles. The first kappa shape index (κ1) is 17.7. The summed E-state index contributed by atoms with van der Waals surface area (Å²) in [6, 6.07) is 8.99. The molecule has 1 saturated heterocycles. The van der Waals surface area contributed by atoms with Crippen LogP contribution in [0.2, 0.25) is 0 Å². The fourth-order valence-electron chi connectivity index (χ4n) is 1.59. The van der Waals surface area contributed by atoms with Gasteiger partial charge >= 0.3 is 6.01 Å². The minimum Gasteiger partial charge on any atom is -0.493 e. The van der Waals surface area contributed by atoms with Gasteiger partial charge in [0.15, 0.2) is 11.5 Å². The van der Waals surface area contributed by atoms with Gasteiger partial charge in [0, 0.05) is 25.6 Å². The molecule has 1 N–H and O–H groups in total. The summed E-state index contributed by atoms with van der Waals surface area (Å²) in [4.78, 5) is 6.85. The molecule has 120 valence electrons. The molecule has 6 nitrogen and oxygen atoms in total. The van der Waals surface area contributed by atoms with Gasteiger partial charge in [-0.25, -0.2) is 9.97 Å². The van der Waals surface area contributed by atoms with Crippen LogP contribution >= 0.6 is 0 Å². The molecule has 0 bridgehead atoms. The van der Waals surface area contributed by atoms with E-state index in [1.54, 1.807) is 20.3 Å². The van der Waals surface area contributed by atoms with Gasteiger partial charge in [0.2, 0.25) is 0 Å². The van der Waals surface area contributed by atoms with Crippen LogP contribution in [-0.4, -0.2) is 42.5 Å². The molecule has 0 radical (unpaired) electrons. The number of hydrogen-bond acceptors (Lipinski definition) is 6. The number of benzene rings is 1. The molecule has 0 aliphatic carbocycles. The highest BCUT2D eigenvalue weighted by molar-refractivity contribution is 5.39. The number of aromatic hydroxyl groups is 1. The maximum Gasteiger partial charge on any atom is 0.313 e. The fraction of sp³-hybridized carbons (Fsp3) is 0.375.